The van der Waals surface area contributed by atoms with E-state index in [1.54, 1.807) is 0 Å². The van der Waals surface area contributed by atoms with E-state index in [1.807, 2.05) is 0 Å². The summed E-state index contributed by atoms with van der Waals surface area (Å²) in [6.07, 6.45) is -1.81. The van der Waals surface area contributed by atoms with Gasteiger partial charge in [-0.15, -0.1) is 23.2 Å². The van der Waals surface area contributed by atoms with Crippen molar-refractivity contribution in [3.63, 3.8) is 0 Å². The summed E-state index contributed by atoms with van der Waals surface area (Å²) in [6.45, 7) is 0. The molecule has 0 bridgehead atoms. The third-order valence-corrected chi connectivity index (χ3v) is 5.20. The van der Waals surface area contributed by atoms with Crippen molar-refractivity contribution in [1.82, 2.24) is 0 Å². The molecule has 0 spiro atoms. The van der Waals surface area contributed by atoms with Crippen LogP contribution in [0, 0.1) is 0 Å². The van der Waals surface area contributed by atoms with Crippen LogP contribution in [0.1, 0.15) is 0 Å². The van der Waals surface area contributed by atoms with Crippen LogP contribution in [0.4, 0.5) is 0 Å². The fourth-order valence-electron chi connectivity index (χ4n) is 1.52. The number of hydrogen-bond donors (Lipinski definition) is 2. The first-order valence-corrected chi connectivity index (χ1v) is 7.06. The molecule has 100 valence electrons. The number of aliphatic hydroxyl groups excluding tert-OH is 1. The third kappa shape index (κ3) is 2.27. The molecule has 2 nitrogen and oxygen atoms in total. The Labute approximate surface area is 137 Å². The summed E-state index contributed by atoms with van der Waals surface area (Å²) in [5.74, 6) is 0. The molecule has 2 atom stereocenters. The quantitative estimate of drug-likeness (QED) is 0.651. The van der Waals surface area contributed by atoms with Crippen LogP contribution in [0.15, 0.2) is 10.1 Å². The largest absolute Gasteiger partial charge is 0.386 e. The second-order valence-corrected chi connectivity index (χ2v) is 8.17. The van der Waals surface area contributed by atoms with Gasteiger partial charge in [-0.2, -0.15) is 0 Å². The Morgan fingerprint density at radius 2 is 1.53 bits per heavy atom. The zero-order valence-electron chi connectivity index (χ0n) is 7.57. The summed E-state index contributed by atoms with van der Waals surface area (Å²) in [6, 6.07) is 0. The standard InChI is InChI=1S/C7H4Cl8O2/c8-2(9)1-5(17,4(10)11)7(14,15)3(16)6(1,12)13/h3-4,16-17H. The summed E-state index contributed by atoms with van der Waals surface area (Å²) in [5.41, 5.74) is -2.86. The number of hydrogen-bond acceptors (Lipinski definition) is 2. The van der Waals surface area contributed by atoms with Crippen LogP contribution in [0.5, 0.6) is 0 Å². The number of halogens is 8. The maximum absolute atomic E-state index is 10.3. The maximum atomic E-state index is 10.3. The Morgan fingerprint density at radius 3 is 1.76 bits per heavy atom. The highest BCUT2D eigenvalue weighted by molar-refractivity contribution is 6.62. The number of aliphatic hydroxyl groups is 2. The third-order valence-electron chi connectivity index (χ3n) is 2.41. The molecular formula is C7H4Cl8O2. The summed E-state index contributed by atoms with van der Waals surface area (Å²) < 4.78 is -4.94. The van der Waals surface area contributed by atoms with Crippen LogP contribution in [-0.2, 0) is 0 Å². The molecule has 17 heavy (non-hydrogen) atoms. The van der Waals surface area contributed by atoms with E-state index in [0.29, 0.717) is 0 Å². The van der Waals surface area contributed by atoms with Crippen LogP contribution in [0.2, 0.25) is 0 Å². The zero-order chi connectivity index (χ0) is 13.8. The number of rotatable bonds is 1. The summed E-state index contributed by atoms with van der Waals surface area (Å²) in [7, 11) is 0. The van der Waals surface area contributed by atoms with Crippen LogP contribution in [0.25, 0.3) is 0 Å². The SMILES string of the molecule is OC1C(Cl)(Cl)C(=C(Cl)Cl)C(O)(C(Cl)Cl)C1(Cl)Cl. The molecule has 0 saturated heterocycles. The van der Waals surface area contributed by atoms with Crippen molar-refractivity contribution in [2.24, 2.45) is 0 Å². The van der Waals surface area contributed by atoms with Gasteiger partial charge >= 0.3 is 0 Å². The van der Waals surface area contributed by atoms with E-state index >= 15 is 0 Å². The van der Waals surface area contributed by atoms with Crippen LogP contribution in [0.3, 0.4) is 0 Å². The van der Waals surface area contributed by atoms with Gasteiger partial charge in [-0.3, -0.25) is 0 Å². The molecule has 1 aliphatic rings. The highest BCUT2D eigenvalue weighted by Crippen LogP contribution is 2.63. The second-order valence-electron chi connectivity index (χ2n) is 3.35. The Hall–Kier alpha value is 1.98. The first-order chi connectivity index (χ1) is 7.41. The Bertz CT molecular complexity index is 361. The molecule has 0 radical (unpaired) electrons. The first kappa shape index (κ1) is 17.0. The predicted molar refractivity (Wildman–Crippen MR) is 74.1 cm³/mol. The Morgan fingerprint density at radius 1 is 1.12 bits per heavy atom. The lowest BCUT2D eigenvalue weighted by Gasteiger charge is -2.35. The van der Waals surface area contributed by atoms with Crippen molar-refractivity contribution in [3.05, 3.63) is 10.1 Å². The van der Waals surface area contributed by atoms with E-state index in [0.717, 1.165) is 0 Å². The molecule has 2 unspecified atom stereocenters. The van der Waals surface area contributed by atoms with Crippen LogP contribution >= 0.6 is 92.8 Å². The van der Waals surface area contributed by atoms with Gasteiger partial charge in [-0.25, -0.2) is 0 Å². The van der Waals surface area contributed by atoms with E-state index in [9.17, 15) is 10.2 Å². The lowest BCUT2D eigenvalue weighted by atomic mass is 9.99. The smallest absolute Gasteiger partial charge is 0.182 e. The van der Waals surface area contributed by atoms with Gasteiger partial charge in [0.2, 0.25) is 0 Å². The van der Waals surface area contributed by atoms with Gasteiger partial charge in [-0.05, 0) is 0 Å². The van der Waals surface area contributed by atoms with E-state index < -0.39 is 35.3 Å². The second kappa shape index (κ2) is 5.07. The minimum absolute atomic E-state index is 0.454. The van der Waals surface area contributed by atoms with Gasteiger partial charge in [0.1, 0.15) is 15.4 Å². The molecule has 1 rings (SSSR count). The average molecular weight is 404 g/mol. The molecule has 1 saturated carbocycles. The van der Waals surface area contributed by atoms with Crippen molar-refractivity contribution >= 4 is 92.8 Å². The average Bonchev–Trinajstić information content (AvgIpc) is 2.23. The van der Waals surface area contributed by atoms with Gasteiger partial charge in [0.05, 0.1) is 0 Å². The van der Waals surface area contributed by atoms with Crippen molar-refractivity contribution < 1.29 is 10.2 Å². The maximum Gasteiger partial charge on any atom is 0.182 e. The van der Waals surface area contributed by atoms with Gasteiger partial charge in [-0.1, -0.05) is 69.6 Å². The van der Waals surface area contributed by atoms with Gasteiger partial charge < -0.3 is 10.2 Å². The minimum Gasteiger partial charge on any atom is -0.386 e. The molecular weight excluding hydrogens is 400 g/mol. The van der Waals surface area contributed by atoms with Crippen molar-refractivity contribution in [1.29, 1.82) is 0 Å². The van der Waals surface area contributed by atoms with Gasteiger partial charge in [0.15, 0.2) is 14.3 Å². The molecule has 2 N–H and O–H groups in total. The zero-order valence-corrected chi connectivity index (χ0v) is 13.6. The molecule has 0 aromatic rings. The van der Waals surface area contributed by atoms with E-state index in [1.165, 1.54) is 0 Å². The predicted octanol–water partition coefficient (Wildman–Crippen LogP) is 3.93. The lowest BCUT2D eigenvalue weighted by molar-refractivity contribution is 0.0554. The van der Waals surface area contributed by atoms with E-state index in [-0.39, 0.29) is 0 Å². The van der Waals surface area contributed by atoms with Gasteiger partial charge in [0, 0.05) is 5.57 Å². The fraction of sp³-hybridized carbons (Fsp3) is 0.714. The van der Waals surface area contributed by atoms with E-state index in [2.05, 4.69) is 0 Å². The molecule has 1 aliphatic carbocycles. The molecule has 0 aliphatic heterocycles. The number of alkyl halides is 6. The minimum atomic E-state index is -2.40. The molecule has 0 aromatic heterocycles. The Balaban J connectivity index is 3.62. The first-order valence-electron chi connectivity index (χ1n) is 3.92. The molecule has 10 heteroatoms. The van der Waals surface area contributed by atoms with Gasteiger partial charge in [0.25, 0.3) is 0 Å². The van der Waals surface area contributed by atoms with Crippen LogP contribution in [-0.4, -0.2) is 35.4 Å². The summed E-state index contributed by atoms with van der Waals surface area (Å²) in [5, 5.41) is 20.2. The molecule has 0 aromatic carbocycles. The van der Waals surface area contributed by atoms with Crippen molar-refractivity contribution in [2.75, 3.05) is 0 Å². The van der Waals surface area contributed by atoms with Crippen molar-refractivity contribution in [3.8, 4) is 0 Å². The van der Waals surface area contributed by atoms with Crippen molar-refractivity contribution in [2.45, 2.75) is 25.2 Å². The summed E-state index contributed by atoms with van der Waals surface area (Å²) >= 11 is 45.6. The topological polar surface area (TPSA) is 40.5 Å². The molecule has 1 fully saturated rings. The molecule has 0 heterocycles. The normalized spacial score (nSPS) is 35.5. The highest BCUT2D eigenvalue weighted by atomic mass is 35.5. The molecule has 0 amide bonds. The summed E-state index contributed by atoms with van der Waals surface area (Å²) in [4.78, 5) is -1.57. The van der Waals surface area contributed by atoms with Crippen LogP contribution < -0.4 is 0 Å². The van der Waals surface area contributed by atoms with E-state index in [4.69, 9.17) is 92.8 Å². The Kier molecular flexibility index (Phi) is 5.08. The highest BCUT2D eigenvalue weighted by Gasteiger charge is 2.74. The fourth-order valence-corrected chi connectivity index (χ4v) is 4.85. The monoisotopic (exact) mass is 400 g/mol. The lowest BCUT2D eigenvalue weighted by Crippen LogP contribution is -2.52.